The molecule has 1 aliphatic carbocycles. The highest BCUT2D eigenvalue weighted by atomic mass is 16.2. The van der Waals surface area contributed by atoms with E-state index in [1.54, 1.807) is 6.33 Å². The number of nitrogens with zero attached hydrogens (tertiary/aromatic N) is 2. The summed E-state index contributed by atoms with van der Waals surface area (Å²) in [6, 6.07) is 0. The molecule has 1 amide bonds. The molecule has 0 unspecified atom stereocenters. The lowest BCUT2D eigenvalue weighted by molar-refractivity contribution is -0.135. The van der Waals surface area contributed by atoms with Crippen molar-refractivity contribution < 1.29 is 4.79 Å². The lowest BCUT2D eigenvalue weighted by Crippen LogP contribution is -2.54. The number of rotatable bonds is 1. The van der Waals surface area contributed by atoms with Crippen molar-refractivity contribution in [2.24, 2.45) is 0 Å². The molecule has 0 atom stereocenters. The number of fused-ring (bicyclic) bond motifs is 2. The second-order valence-electron chi connectivity index (χ2n) is 5.27. The molecule has 4 nitrogen and oxygen atoms in total. The van der Waals surface area contributed by atoms with Gasteiger partial charge in [0.15, 0.2) is 0 Å². The summed E-state index contributed by atoms with van der Waals surface area (Å²) in [4.78, 5) is 21.9. The molecule has 1 aromatic rings. The Morgan fingerprint density at radius 3 is 2.94 bits per heavy atom. The molecule has 1 spiro atoms. The number of aromatic nitrogens is 2. The van der Waals surface area contributed by atoms with Crippen LogP contribution in [0.4, 0.5) is 0 Å². The van der Waals surface area contributed by atoms with Crippen molar-refractivity contribution in [3.05, 3.63) is 30.4 Å². The van der Waals surface area contributed by atoms with E-state index in [2.05, 4.69) is 16.5 Å². The summed E-state index contributed by atoms with van der Waals surface area (Å²) in [6.07, 6.45) is 9.75. The standard InChI is InChI=1S/C14H19N3O/c1-2-12(18)17-9-6-11-13(16-10-15-11)14(17)7-4-3-5-8-14/h2,10H,1,3-9H2,(H,15,16). The third-order valence-corrected chi connectivity index (χ3v) is 4.38. The Kier molecular flexibility index (Phi) is 2.73. The molecule has 4 heteroatoms. The average Bonchev–Trinajstić information content (AvgIpc) is 2.89. The van der Waals surface area contributed by atoms with Gasteiger partial charge in [0.1, 0.15) is 0 Å². The molecule has 1 aromatic heterocycles. The molecule has 0 radical (unpaired) electrons. The van der Waals surface area contributed by atoms with Crippen LogP contribution < -0.4 is 0 Å². The highest BCUT2D eigenvalue weighted by Crippen LogP contribution is 2.45. The van der Waals surface area contributed by atoms with Crippen LogP contribution in [0, 0.1) is 0 Å². The van der Waals surface area contributed by atoms with Crippen molar-refractivity contribution in [3.63, 3.8) is 0 Å². The van der Waals surface area contributed by atoms with Gasteiger partial charge >= 0.3 is 0 Å². The van der Waals surface area contributed by atoms with Gasteiger partial charge in [0.05, 0.1) is 17.6 Å². The molecule has 96 valence electrons. The Bertz CT molecular complexity index is 471. The highest BCUT2D eigenvalue weighted by molar-refractivity contribution is 5.88. The van der Waals surface area contributed by atoms with Crippen LogP contribution in [0.15, 0.2) is 19.0 Å². The maximum atomic E-state index is 12.1. The van der Waals surface area contributed by atoms with E-state index < -0.39 is 0 Å². The van der Waals surface area contributed by atoms with Crippen LogP contribution in [-0.4, -0.2) is 27.3 Å². The third-order valence-electron chi connectivity index (χ3n) is 4.38. The summed E-state index contributed by atoms with van der Waals surface area (Å²) in [5, 5.41) is 0. The highest BCUT2D eigenvalue weighted by Gasteiger charge is 2.46. The molecular formula is C14H19N3O. The van der Waals surface area contributed by atoms with Gasteiger partial charge in [0.2, 0.25) is 5.91 Å². The smallest absolute Gasteiger partial charge is 0.246 e. The largest absolute Gasteiger partial charge is 0.348 e. The zero-order chi connectivity index (χ0) is 12.6. The minimum Gasteiger partial charge on any atom is -0.348 e. The van der Waals surface area contributed by atoms with Crippen molar-refractivity contribution in [2.45, 2.75) is 44.1 Å². The van der Waals surface area contributed by atoms with Crippen LogP contribution in [0.2, 0.25) is 0 Å². The number of carbonyl (C=O) groups excluding carboxylic acids is 1. The van der Waals surface area contributed by atoms with Gasteiger partial charge in [-0.25, -0.2) is 4.98 Å². The maximum Gasteiger partial charge on any atom is 0.246 e. The molecule has 1 fully saturated rings. The van der Waals surface area contributed by atoms with Gasteiger partial charge < -0.3 is 9.88 Å². The number of hydrogen-bond donors (Lipinski definition) is 1. The molecule has 0 saturated heterocycles. The average molecular weight is 245 g/mol. The number of nitrogens with one attached hydrogen (secondary N) is 1. The van der Waals surface area contributed by atoms with Crippen molar-refractivity contribution >= 4 is 5.91 Å². The predicted molar refractivity (Wildman–Crippen MR) is 69.0 cm³/mol. The lowest BCUT2D eigenvalue weighted by Gasteiger charge is -2.48. The van der Waals surface area contributed by atoms with Crippen molar-refractivity contribution in [3.8, 4) is 0 Å². The summed E-state index contributed by atoms with van der Waals surface area (Å²) in [7, 11) is 0. The van der Waals surface area contributed by atoms with Crippen LogP contribution >= 0.6 is 0 Å². The normalized spacial score (nSPS) is 21.7. The van der Waals surface area contributed by atoms with E-state index in [0.717, 1.165) is 31.5 Å². The molecule has 0 aromatic carbocycles. The Morgan fingerprint density at radius 1 is 1.44 bits per heavy atom. The maximum absolute atomic E-state index is 12.1. The van der Waals surface area contributed by atoms with Crippen LogP contribution in [-0.2, 0) is 16.8 Å². The Morgan fingerprint density at radius 2 is 2.22 bits per heavy atom. The quantitative estimate of drug-likeness (QED) is 0.771. The molecule has 18 heavy (non-hydrogen) atoms. The van der Waals surface area contributed by atoms with Gasteiger partial charge in [-0.2, -0.15) is 0 Å². The number of imidazole rings is 1. The SMILES string of the molecule is C=CC(=O)N1CCc2[nH]cnc2C12CCCCC2. The Hall–Kier alpha value is -1.58. The summed E-state index contributed by atoms with van der Waals surface area (Å²) in [5.74, 6) is 0.0468. The molecule has 0 bridgehead atoms. The first-order valence-corrected chi connectivity index (χ1v) is 6.75. The van der Waals surface area contributed by atoms with E-state index in [1.165, 1.54) is 31.0 Å². The van der Waals surface area contributed by atoms with Gasteiger partial charge in [-0.3, -0.25) is 4.79 Å². The molecule has 1 aliphatic heterocycles. The fourth-order valence-electron chi connectivity index (χ4n) is 3.55. The van der Waals surface area contributed by atoms with E-state index in [0.29, 0.717) is 0 Å². The zero-order valence-electron chi connectivity index (χ0n) is 10.6. The number of aromatic amines is 1. The van der Waals surface area contributed by atoms with E-state index in [-0.39, 0.29) is 11.4 Å². The summed E-state index contributed by atoms with van der Waals surface area (Å²) in [5.41, 5.74) is 2.14. The van der Waals surface area contributed by atoms with Crippen LogP contribution in [0.5, 0.6) is 0 Å². The van der Waals surface area contributed by atoms with Gasteiger partial charge in [0.25, 0.3) is 0 Å². The van der Waals surface area contributed by atoms with Crippen LogP contribution in [0.25, 0.3) is 0 Å². The van der Waals surface area contributed by atoms with Gasteiger partial charge in [-0.05, 0) is 18.9 Å². The van der Waals surface area contributed by atoms with E-state index in [1.807, 2.05) is 4.90 Å². The van der Waals surface area contributed by atoms with Crippen molar-refractivity contribution in [1.82, 2.24) is 14.9 Å². The van der Waals surface area contributed by atoms with E-state index in [4.69, 9.17) is 0 Å². The minimum atomic E-state index is -0.170. The van der Waals surface area contributed by atoms with Crippen LogP contribution in [0.3, 0.4) is 0 Å². The molecule has 2 aliphatic rings. The fourth-order valence-corrected chi connectivity index (χ4v) is 3.55. The minimum absolute atomic E-state index is 0.0468. The molecule has 1 N–H and O–H groups in total. The van der Waals surface area contributed by atoms with Gasteiger partial charge in [0, 0.05) is 18.7 Å². The first-order chi connectivity index (χ1) is 8.78. The molecule has 3 rings (SSSR count). The van der Waals surface area contributed by atoms with Gasteiger partial charge in [-0.15, -0.1) is 0 Å². The summed E-state index contributed by atoms with van der Waals surface area (Å²) in [6.45, 7) is 4.42. The van der Waals surface area contributed by atoms with Crippen molar-refractivity contribution in [2.75, 3.05) is 6.54 Å². The molecule has 2 heterocycles. The monoisotopic (exact) mass is 245 g/mol. The first kappa shape index (κ1) is 11.5. The third kappa shape index (κ3) is 1.51. The van der Waals surface area contributed by atoms with Crippen LogP contribution in [0.1, 0.15) is 43.5 Å². The second kappa shape index (κ2) is 4.26. The predicted octanol–water partition coefficient (Wildman–Crippen LogP) is 2.14. The van der Waals surface area contributed by atoms with Crippen molar-refractivity contribution in [1.29, 1.82) is 0 Å². The summed E-state index contributed by atoms with van der Waals surface area (Å²) < 4.78 is 0. The van der Waals surface area contributed by atoms with Gasteiger partial charge in [-0.1, -0.05) is 25.8 Å². The number of hydrogen-bond acceptors (Lipinski definition) is 2. The fraction of sp³-hybridized carbons (Fsp3) is 0.571. The van der Waals surface area contributed by atoms with E-state index >= 15 is 0 Å². The first-order valence-electron chi connectivity index (χ1n) is 6.75. The zero-order valence-corrected chi connectivity index (χ0v) is 10.6. The number of H-pyrrole nitrogens is 1. The van der Waals surface area contributed by atoms with E-state index in [9.17, 15) is 4.79 Å². The Labute approximate surface area is 107 Å². The molecular weight excluding hydrogens is 226 g/mol. The second-order valence-corrected chi connectivity index (χ2v) is 5.27. The molecule has 1 saturated carbocycles. The summed E-state index contributed by atoms with van der Waals surface area (Å²) >= 11 is 0. The topological polar surface area (TPSA) is 49.0 Å². The number of amides is 1. The Balaban J connectivity index is 2.07. The lowest BCUT2D eigenvalue weighted by atomic mass is 9.75. The number of carbonyl (C=O) groups is 1.